The molecule has 2 heterocycles. The van der Waals surface area contributed by atoms with Crippen LogP contribution in [0.2, 0.25) is 0 Å². The van der Waals surface area contributed by atoms with Gasteiger partial charge in [0.05, 0.1) is 22.1 Å². The second-order valence-electron chi connectivity index (χ2n) is 12.6. The first kappa shape index (κ1) is 19.2. The Bertz CT molecular complexity index is 1290. The van der Waals surface area contributed by atoms with E-state index >= 15 is 0 Å². The van der Waals surface area contributed by atoms with Gasteiger partial charge in [-0.05, 0) is 54.2 Å². The van der Waals surface area contributed by atoms with Gasteiger partial charge in [-0.25, -0.2) is 0 Å². The molecular formula is C31H35NO. The van der Waals surface area contributed by atoms with Crippen molar-refractivity contribution in [3.63, 3.8) is 0 Å². The van der Waals surface area contributed by atoms with E-state index in [4.69, 9.17) is 0 Å². The molecule has 0 aromatic heterocycles. The number of nitrogens with one attached hydrogen (secondary N) is 1. The monoisotopic (exact) mass is 437 g/mol. The number of carbonyl (C=O) groups is 1. The van der Waals surface area contributed by atoms with E-state index in [1.165, 1.54) is 72.5 Å². The summed E-state index contributed by atoms with van der Waals surface area (Å²) in [5.74, 6) is 1.04. The summed E-state index contributed by atoms with van der Waals surface area (Å²) >= 11 is 0. The Morgan fingerprint density at radius 2 is 1.58 bits per heavy atom. The lowest BCUT2D eigenvalue weighted by atomic mass is 9.60. The zero-order chi connectivity index (χ0) is 22.2. The first-order valence-electron chi connectivity index (χ1n) is 13.6. The SMILES string of the molecule is CC1C2=C(c3ccc4cccc5c4c3NC13CC53C)C1(CCCCC1)C(=O)C21CCCCC1. The molecule has 170 valence electrons. The number of allylic oxidation sites excluding steroid dienone is 1. The van der Waals surface area contributed by atoms with Gasteiger partial charge in [0.25, 0.3) is 0 Å². The fourth-order valence-corrected chi connectivity index (χ4v) is 9.93. The van der Waals surface area contributed by atoms with Crippen LogP contribution in [0, 0.1) is 16.7 Å². The van der Waals surface area contributed by atoms with Gasteiger partial charge in [-0.3, -0.25) is 4.79 Å². The maximum Gasteiger partial charge on any atom is 0.153 e. The number of Topliss-reactive ketones (excluding diaryl/α,β-unsaturated/α-hetero) is 1. The quantitative estimate of drug-likeness (QED) is 0.461. The first-order chi connectivity index (χ1) is 16.0. The smallest absolute Gasteiger partial charge is 0.153 e. The summed E-state index contributed by atoms with van der Waals surface area (Å²) in [4.78, 5) is 14.8. The Balaban J connectivity index is 1.52. The van der Waals surface area contributed by atoms with Gasteiger partial charge in [-0.15, -0.1) is 0 Å². The molecule has 2 nitrogen and oxygen atoms in total. The van der Waals surface area contributed by atoms with Crippen LogP contribution in [-0.4, -0.2) is 11.3 Å². The summed E-state index contributed by atoms with van der Waals surface area (Å²) in [5, 5.41) is 7.01. The normalized spacial score (nSPS) is 36.7. The Hall–Kier alpha value is -2.09. The van der Waals surface area contributed by atoms with Crippen LogP contribution in [0.5, 0.6) is 0 Å². The fourth-order valence-electron chi connectivity index (χ4n) is 9.93. The molecule has 2 heteroatoms. The highest BCUT2D eigenvalue weighted by molar-refractivity contribution is 6.15. The largest absolute Gasteiger partial charge is 0.377 e. The van der Waals surface area contributed by atoms with Gasteiger partial charge in [0.15, 0.2) is 5.78 Å². The summed E-state index contributed by atoms with van der Waals surface area (Å²) in [5.41, 5.74) is 7.18. The number of carbonyl (C=O) groups excluding carboxylic acids is 1. The van der Waals surface area contributed by atoms with Crippen LogP contribution in [0.3, 0.4) is 0 Å². The van der Waals surface area contributed by atoms with Crippen molar-refractivity contribution in [3.8, 4) is 0 Å². The van der Waals surface area contributed by atoms with E-state index in [-0.39, 0.29) is 21.8 Å². The van der Waals surface area contributed by atoms with E-state index in [1.54, 1.807) is 11.1 Å². The molecule has 2 aromatic rings. The van der Waals surface area contributed by atoms with Gasteiger partial charge >= 0.3 is 0 Å². The highest BCUT2D eigenvalue weighted by Gasteiger charge is 2.74. The van der Waals surface area contributed by atoms with Crippen LogP contribution >= 0.6 is 0 Å². The Kier molecular flexibility index (Phi) is 3.36. The molecule has 33 heavy (non-hydrogen) atoms. The van der Waals surface area contributed by atoms with E-state index in [1.807, 2.05) is 0 Å². The molecule has 0 amide bonds. The van der Waals surface area contributed by atoms with Crippen molar-refractivity contribution in [2.45, 2.75) is 95.4 Å². The fraction of sp³-hybridized carbons (Fsp3) is 0.581. The van der Waals surface area contributed by atoms with Crippen molar-refractivity contribution in [2.75, 3.05) is 5.32 Å². The summed E-state index contributed by atoms with van der Waals surface area (Å²) in [6, 6.07) is 11.7. The van der Waals surface area contributed by atoms with Crippen molar-refractivity contribution in [1.82, 2.24) is 0 Å². The van der Waals surface area contributed by atoms with Gasteiger partial charge in [0.1, 0.15) is 0 Å². The van der Waals surface area contributed by atoms with E-state index in [0.717, 1.165) is 25.7 Å². The number of rotatable bonds is 0. The van der Waals surface area contributed by atoms with Gasteiger partial charge in [-0.2, -0.15) is 0 Å². The minimum atomic E-state index is -0.237. The minimum absolute atomic E-state index is 0.0619. The molecular weight excluding hydrogens is 402 g/mol. The van der Waals surface area contributed by atoms with Gasteiger partial charge in [0.2, 0.25) is 0 Å². The molecule has 3 unspecified atom stereocenters. The van der Waals surface area contributed by atoms with Crippen molar-refractivity contribution >= 4 is 27.8 Å². The number of hydrogen-bond acceptors (Lipinski definition) is 2. The summed E-state index contributed by atoms with van der Waals surface area (Å²) in [6.07, 6.45) is 12.9. The molecule has 0 saturated heterocycles. The highest BCUT2D eigenvalue weighted by atomic mass is 16.1. The Labute approximate surface area is 197 Å². The molecule has 2 bridgehead atoms. The van der Waals surface area contributed by atoms with Crippen molar-refractivity contribution in [3.05, 3.63) is 47.0 Å². The van der Waals surface area contributed by atoms with Gasteiger partial charge in [-0.1, -0.05) is 82.7 Å². The summed E-state index contributed by atoms with van der Waals surface area (Å²) < 4.78 is 0. The van der Waals surface area contributed by atoms with E-state index in [2.05, 4.69) is 49.5 Å². The Morgan fingerprint density at radius 3 is 2.30 bits per heavy atom. The lowest BCUT2D eigenvalue weighted by molar-refractivity contribution is -0.135. The standard InChI is InChI=1S/C31H35NO/c1-19-24-25(30(16-7-4-8-17-30)27(33)29(24)14-5-3-6-15-29)21-13-12-20-10-9-11-22-23(20)26(21)32-31(19)18-28(22,31)2/h9-13,19,32H,3-8,14-18H2,1-2H3. The molecule has 1 N–H and O–H groups in total. The maximum absolute atomic E-state index is 14.8. The van der Waals surface area contributed by atoms with E-state index < -0.39 is 0 Å². The molecule has 3 atom stereocenters. The van der Waals surface area contributed by atoms with Gasteiger partial charge in [0, 0.05) is 22.3 Å². The lowest BCUT2D eigenvalue weighted by Gasteiger charge is -2.44. The van der Waals surface area contributed by atoms with Crippen LogP contribution in [0.25, 0.3) is 16.3 Å². The number of fused-ring (bicyclic) bond motifs is 4. The van der Waals surface area contributed by atoms with Crippen molar-refractivity contribution < 1.29 is 4.79 Å². The minimum Gasteiger partial charge on any atom is -0.377 e. The van der Waals surface area contributed by atoms with Crippen LogP contribution in [0.15, 0.2) is 35.9 Å². The van der Waals surface area contributed by atoms with Crippen molar-refractivity contribution in [1.29, 1.82) is 0 Å². The number of anilines is 1. The molecule has 8 rings (SSSR count). The number of ketones is 1. The summed E-state index contributed by atoms with van der Waals surface area (Å²) in [6.45, 7) is 4.99. The van der Waals surface area contributed by atoms with Crippen LogP contribution in [0.1, 0.15) is 95.6 Å². The van der Waals surface area contributed by atoms with Gasteiger partial charge < -0.3 is 5.32 Å². The average Bonchev–Trinajstić information content (AvgIpc) is 3.47. The molecule has 3 saturated carbocycles. The molecule has 3 fully saturated rings. The van der Waals surface area contributed by atoms with E-state index in [9.17, 15) is 4.79 Å². The third-order valence-electron chi connectivity index (χ3n) is 11.5. The van der Waals surface area contributed by atoms with Crippen LogP contribution < -0.4 is 5.32 Å². The second-order valence-corrected chi connectivity index (χ2v) is 12.6. The van der Waals surface area contributed by atoms with Crippen molar-refractivity contribution in [2.24, 2.45) is 16.7 Å². The maximum atomic E-state index is 14.8. The third-order valence-corrected chi connectivity index (χ3v) is 11.5. The molecule has 2 aromatic carbocycles. The Morgan fingerprint density at radius 1 is 0.879 bits per heavy atom. The molecule has 3 spiro atoms. The van der Waals surface area contributed by atoms with Crippen LogP contribution in [0.4, 0.5) is 5.69 Å². The third kappa shape index (κ3) is 1.89. The zero-order valence-corrected chi connectivity index (χ0v) is 20.2. The predicted octanol–water partition coefficient (Wildman–Crippen LogP) is 7.55. The molecule has 4 aliphatic carbocycles. The van der Waals surface area contributed by atoms with E-state index in [0.29, 0.717) is 11.7 Å². The zero-order valence-electron chi connectivity index (χ0n) is 20.2. The molecule has 2 aliphatic heterocycles. The molecule has 0 radical (unpaired) electrons. The molecule has 6 aliphatic rings. The predicted molar refractivity (Wildman–Crippen MR) is 134 cm³/mol. The number of benzene rings is 2. The number of hydrogen-bond donors (Lipinski definition) is 1. The highest BCUT2D eigenvalue weighted by Crippen LogP contribution is 2.75. The summed E-state index contributed by atoms with van der Waals surface area (Å²) in [7, 11) is 0. The average molecular weight is 438 g/mol. The first-order valence-corrected chi connectivity index (χ1v) is 13.6. The van der Waals surface area contributed by atoms with Crippen LogP contribution in [-0.2, 0) is 10.2 Å². The topological polar surface area (TPSA) is 29.1 Å². The lowest BCUT2D eigenvalue weighted by Crippen LogP contribution is -2.46. The second kappa shape index (κ2) is 5.75.